The molecule has 0 atom stereocenters. The molecule has 0 aliphatic carbocycles. The van der Waals surface area contributed by atoms with Gasteiger partial charge in [-0.3, -0.25) is 25.2 Å². The molecule has 0 bridgehead atoms. The Labute approximate surface area is 162 Å². The van der Waals surface area contributed by atoms with E-state index in [1.165, 1.54) is 24.5 Å². The SMILES string of the molecule is O=C(NNC(=O)c1ccco1)c1ccc(NC(=O)c2ccc(Br)cc2)cc1. The summed E-state index contributed by atoms with van der Waals surface area (Å²) in [5, 5.41) is 2.74. The van der Waals surface area contributed by atoms with Crippen LogP contribution in [0, 0.1) is 0 Å². The molecule has 0 radical (unpaired) electrons. The maximum Gasteiger partial charge on any atom is 0.305 e. The number of benzene rings is 2. The van der Waals surface area contributed by atoms with E-state index in [9.17, 15) is 14.4 Å². The van der Waals surface area contributed by atoms with Crippen molar-refractivity contribution < 1.29 is 18.8 Å². The normalized spacial score (nSPS) is 10.1. The van der Waals surface area contributed by atoms with Gasteiger partial charge in [0.2, 0.25) is 0 Å². The van der Waals surface area contributed by atoms with Crippen molar-refractivity contribution >= 4 is 39.3 Å². The van der Waals surface area contributed by atoms with Crippen molar-refractivity contribution in [1.82, 2.24) is 10.9 Å². The van der Waals surface area contributed by atoms with E-state index in [1.807, 2.05) is 0 Å². The van der Waals surface area contributed by atoms with Crippen LogP contribution < -0.4 is 16.2 Å². The van der Waals surface area contributed by atoms with E-state index in [1.54, 1.807) is 42.5 Å². The minimum Gasteiger partial charge on any atom is -0.459 e. The third-order valence-electron chi connectivity index (χ3n) is 3.55. The molecule has 0 saturated heterocycles. The number of nitrogens with one attached hydrogen (secondary N) is 3. The Kier molecular flexibility index (Phi) is 5.68. The highest BCUT2D eigenvalue weighted by Gasteiger charge is 2.11. The molecule has 1 heterocycles. The highest BCUT2D eigenvalue weighted by Crippen LogP contribution is 2.14. The lowest BCUT2D eigenvalue weighted by Crippen LogP contribution is -2.41. The van der Waals surface area contributed by atoms with Crippen molar-refractivity contribution in [1.29, 1.82) is 0 Å². The number of amides is 3. The predicted octanol–water partition coefficient (Wildman–Crippen LogP) is 3.37. The summed E-state index contributed by atoms with van der Waals surface area (Å²) in [6, 6.07) is 16.3. The number of carbonyl (C=O) groups is 3. The van der Waals surface area contributed by atoms with Crippen LogP contribution in [0.15, 0.2) is 75.8 Å². The molecule has 3 aromatic rings. The summed E-state index contributed by atoms with van der Waals surface area (Å²) in [5.74, 6) is -1.24. The van der Waals surface area contributed by atoms with Gasteiger partial charge in [-0.05, 0) is 60.7 Å². The lowest BCUT2D eigenvalue weighted by molar-refractivity contribution is 0.0831. The molecule has 0 unspecified atom stereocenters. The first-order valence-corrected chi connectivity index (χ1v) is 8.63. The number of hydrogen-bond acceptors (Lipinski definition) is 4. The van der Waals surface area contributed by atoms with E-state index in [-0.39, 0.29) is 11.7 Å². The molecule has 8 heteroatoms. The molecular formula is C19H14BrN3O4. The quantitative estimate of drug-likeness (QED) is 0.555. The molecule has 0 fully saturated rings. The molecule has 3 N–H and O–H groups in total. The van der Waals surface area contributed by atoms with Gasteiger partial charge in [0.25, 0.3) is 11.8 Å². The molecule has 0 spiro atoms. The fraction of sp³-hybridized carbons (Fsp3) is 0. The summed E-state index contributed by atoms with van der Waals surface area (Å²) < 4.78 is 5.81. The molecule has 0 saturated carbocycles. The van der Waals surface area contributed by atoms with E-state index in [2.05, 4.69) is 32.1 Å². The van der Waals surface area contributed by atoms with Crippen LogP contribution in [-0.4, -0.2) is 17.7 Å². The van der Waals surface area contributed by atoms with Gasteiger partial charge in [0.05, 0.1) is 6.26 Å². The molecular weight excluding hydrogens is 414 g/mol. The fourth-order valence-corrected chi connectivity index (χ4v) is 2.43. The third kappa shape index (κ3) is 4.83. The number of rotatable bonds is 4. The molecule has 3 amide bonds. The van der Waals surface area contributed by atoms with Crippen molar-refractivity contribution in [2.24, 2.45) is 0 Å². The summed E-state index contributed by atoms with van der Waals surface area (Å²) in [5.41, 5.74) is 5.91. The van der Waals surface area contributed by atoms with Crippen molar-refractivity contribution in [3.8, 4) is 0 Å². The monoisotopic (exact) mass is 427 g/mol. The van der Waals surface area contributed by atoms with E-state index in [0.717, 1.165) is 4.47 Å². The largest absolute Gasteiger partial charge is 0.459 e. The lowest BCUT2D eigenvalue weighted by Gasteiger charge is -2.08. The van der Waals surface area contributed by atoms with Gasteiger partial charge >= 0.3 is 5.91 Å². The molecule has 2 aromatic carbocycles. The number of anilines is 1. The van der Waals surface area contributed by atoms with E-state index >= 15 is 0 Å². The first-order valence-electron chi connectivity index (χ1n) is 7.84. The van der Waals surface area contributed by atoms with Gasteiger partial charge in [-0.1, -0.05) is 15.9 Å². The summed E-state index contributed by atoms with van der Waals surface area (Å²) in [6.45, 7) is 0. The number of halogens is 1. The average Bonchev–Trinajstić information content (AvgIpc) is 3.22. The van der Waals surface area contributed by atoms with Crippen molar-refractivity contribution in [2.45, 2.75) is 0 Å². The summed E-state index contributed by atoms with van der Waals surface area (Å²) >= 11 is 3.31. The minimum atomic E-state index is -0.563. The van der Waals surface area contributed by atoms with Crippen LogP contribution in [0.2, 0.25) is 0 Å². The maximum absolute atomic E-state index is 12.2. The van der Waals surface area contributed by atoms with Gasteiger partial charge in [0.1, 0.15) is 0 Å². The second-order valence-electron chi connectivity index (χ2n) is 5.42. The zero-order valence-electron chi connectivity index (χ0n) is 13.9. The number of carbonyl (C=O) groups excluding carboxylic acids is 3. The molecule has 1 aromatic heterocycles. The Balaban J connectivity index is 1.56. The van der Waals surface area contributed by atoms with Crippen LogP contribution in [-0.2, 0) is 0 Å². The maximum atomic E-state index is 12.2. The molecule has 0 aliphatic heterocycles. The van der Waals surface area contributed by atoms with Crippen LogP contribution in [0.3, 0.4) is 0 Å². The van der Waals surface area contributed by atoms with Gasteiger partial charge in [-0.2, -0.15) is 0 Å². The van der Waals surface area contributed by atoms with Crippen molar-refractivity contribution in [3.63, 3.8) is 0 Å². The zero-order chi connectivity index (χ0) is 19.2. The van der Waals surface area contributed by atoms with Gasteiger partial charge in [0.15, 0.2) is 5.76 Å². The fourth-order valence-electron chi connectivity index (χ4n) is 2.16. The average molecular weight is 428 g/mol. The van der Waals surface area contributed by atoms with E-state index in [0.29, 0.717) is 16.8 Å². The van der Waals surface area contributed by atoms with Crippen molar-refractivity contribution in [2.75, 3.05) is 5.32 Å². The second kappa shape index (κ2) is 8.33. The standard InChI is InChI=1S/C19H14BrN3O4/c20-14-7-3-12(4-8-14)17(24)21-15-9-5-13(6-10-15)18(25)22-23-19(26)16-2-1-11-27-16/h1-11H,(H,21,24)(H,22,25)(H,23,26). The Morgan fingerprint density at radius 2 is 1.33 bits per heavy atom. The second-order valence-corrected chi connectivity index (χ2v) is 6.34. The number of furan rings is 1. The topological polar surface area (TPSA) is 100 Å². The van der Waals surface area contributed by atoms with Crippen LogP contribution in [0.25, 0.3) is 0 Å². The Morgan fingerprint density at radius 1 is 0.741 bits per heavy atom. The molecule has 27 heavy (non-hydrogen) atoms. The Hall–Kier alpha value is -3.39. The van der Waals surface area contributed by atoms with Crippen LogP contribution in [0.4, 0.5) is 5.69 Å². The van der Waals surface area contributed by atoms with Gasteiger partial charge in [-0.25, -0.2) is 0 Å². The first kappa shape index (κ1) is 18.4. The summed E-state index contributed by atoms with van der Waals surface area (Å²) in [6.07, 6.45) is 1.36. The molecule has 0 aliphatic rings. The zero-order valence-corrected chi connectivity index (χ0v) is 15.4. The number of hydrazine groups is 1. The van der Waals surface area contributed by atoms with E-state index in [4.69, 9.17) is 4.42 Å². The lowest BCUT2D eigenvalue weighted by atomic mass is 10.1. The molecule has 3 rings (SSSR count). The summed E-state index contributed by atoms with van der Waals surface area (Å²) in [4.78, 5) is 35.9. The summed E-state index contributed by atoms with van der Waals surface area (Å²) in [7, 11) is 0. The van der Waals surface area contributed by atoms with Gasteiger partial charge in [0, 0.05) is 21.3 Å². The first-order chi connectivity index (χ1) is 13.0. The van der Waals surface area contributed by atoms with Crippen molar-refractivity contribution in [3.05, 3.63) is 88.3 Å². The Bertz CT molecular complexity index is 952. The predicted molar refractivity (Wildman–Crippen MR) is 102 cm³/mol. The molecule has 136 valence electrons. The smallest absolute Gasteiger partial charge is 0.305 e. The van der Waals surface area contributed by atoms with Crippen LogP contribution in [0.1, 0.15) is 31.3 Å². The highest BCUT2D eigenvalue weighted by atomic mass is 79.9. The van der Waals surface area contributed by atoms with E-state index < -0.39 is 11.8 Å². The highest BCUT2D eigenvalue weighted by molar-refractivity contribution is 9.10. The van der Waals surface area contributed by atoms with Gasteiger partial charge < -0.3 is 9.73 Å². The molecule has 7 nitrogen and oxygen atoms in total. The third-order valence-corrected chi connectivity index (χ3v) is 4.07. The van der Waals surface area contributed by atoms with Gasteiger partial charge in [-0.15, -0.1) is 0 Å². The number of hydrogen-bond donors (Lipinski definition) is 3. The van der Waals surface area contributed by atoms with Crippen LogP contribution >= 0.6 is 15.9 Å². The van der Waals surface area contributed by atoms with Crippen LogP contribution in [0.5, 0.6) is 0 Å². The minimum absolute atomic E-state index is 0.0845. The Morgan fingerprint density at radius 3 is 1.96 bits per heavy atom.